The van der Waals surface area contributed by atoms with Crippen LogP contribution in [0, 0.1) is 6.92 Å². The average Bonchev–Trinajstić information content (AvgIpc) is 2.90. The molecule has 2 heterocycles. The number of fused-ring (bicyclic) bond motifs is 1. The van der Waals surface area contributed by atoms with Crippen molar-refractivity contribution >= 4 is 35.1 Å². The molecule has 0 spiro atoms. The van der Waals surface area contributed by atoms with Gasteiger partial charge in [-0.05, 0) is 31.2 Å². The number of hydrogen-bond acceptors (Lipinski definition) is 4. The van der Waals surface area contributed by atoms with Gasteiger partial charge in [0.2, 0.25) is 11.9 Å². The lowest BCUT2D eigenvalue weighted by atomic mass is 10.2. The van der Waals surface area contributed by atoms with Crippen LogP contribution >= 0.6 is 11.6 Å². The van der Waals surface area contributed by atoms with Gasteiger partial charge in [0, 0.05) is 10.7 Å². The number of benzene rings is 1. The van der Waals surface area contributed by atoms with Crippen molar-refractivity contribution in [1.82, 2.24) is 14.8 Å². The molecule has 3 rings (SSSR count). The molecule has 0 unspecified atom stereocenters. The number of halogens is 1. The topological polar surface area (TPSA) is 88.9 Å². The summed E-state index contributed by atoms with van der Waals surface area (Å²) in [4.78, 5) is 27.9. The van der Waals surface area contributed by atoms with Crippen LogP contribution in [0.25, 0.3) is 0 Å². The van der Waals surface area contributed by atoms with Crippen LogP contribution < -0.4 is 10.6 Å². The minimum atomic E-state index is -0.673. The zero-order valence-corrected chi connectivity index (χ0v) is 11.9. The normalized spacial score (nSPS) is 16.5. The van der Waals surface area contributed by atoms with E-state index in [-0.39, 0.29) is 18.2 Å². The minimum absolute atomic E-state index is 0.00966. The Labute approximate surface area is 125 Å². The van der Waals surface area contributed by atoms with Crippen LogP contribution in [0.5, 0.6) is 0 Å². The van der Waals surface area contributed by atoms with Crippen LogP contribution in [0.4, 0.5) is 11.6 Å². The molecule has 0 radical (unpaired) electrons. The maximum Gasteiger partial charge on any atom is 0.252 e. The zero-order chi connectivity index (χ0) is 15.0. The van der Waals surface area contributed by atoms with E-state index in [1.807, 2.05) is 0 Å². The van der Waals surface area contributed by atoms with Gasteiger partial charge in [0.05, 0.1) is 6.42 Å². The summed E-state index contributed by atoms with van der Waals surface area (Å²) in [6.07, 6.45) is -0.00966. The minimum Gasteiger partial charge on any atom is -0.326 e. The van der Waals surface area contributed by atoms with Crippen molar-refractivity contribution in [1.29, 1.82) is 0 Å². The van der Waals surface area contributed by atoms with Gasteiger partial charge in [-0.15, -0.1) is 0 Å². The number of carbonyl (C=O) groups is 2. The second kappa shape index (κ2) is 5.17. The van der Waals surface area contributed by atoms with Crippen molar-refractivity contribution in [3.05, 3.63) is 35.1 Å². The number of anilines is 2. The first-order chi connectivity index (χ1) is 10.0. The van der Waals surface area contributed by atoms with Crippen molar-refractivity contribution in [2.45, 2.75) is 19.4 Å². The van der Waals surface area contributed by atoms with Crippen molar-refractivity contribution in [3.63, 3.8) is 0 Å². The van der Waals surface area contributed by atoms with Gasteiger partial charge in [0.25, 0.3) is 5.91 Å². The molecule has 2 amide bonds. The van der Waals surface area contributed by atoms with E-state index in [1.54, 1.807) is 31.2 Å². The van der Waals surface area contributed by atoms with E-state index in [0.717, 1.165) is 0 Å². The number of rotatable bonds is 3. The Morgan fingerprint density at radius 2 is 2.14 bits per heavy atom. The molecule has 7 nitrogen and oxygen atoms in total. The van der Waals surface area contributed by atoms with Crippen molar-refractivity contribution in [3.8, 4) is 0 Å². The first-order valence-corrected chi connectivity index (χ1v) is 6.70. The molecule has 0 fully saturated rings. The monoisotopic (exact) mass is 305 g/mol. The van der Waals surface area contributed by atoms with Gasteiger partial charge in [-0.25, -0.2) is 4.68 Å². The van der Waals surface area contributed by atoms with Crippen molar-refractivity contribution < 1.29 is 9.59 Å². The molecule has 0 bridgehead atoms. The number of nitrogens with one attached hydrogen (secondary N) is 2. The highest BCUT2D eigenvalue weighted by atomic mass is 35.5. The molecule has 1 atom stereocenters. The van der Waals surface area contributed by atoms with Crippen molar-refractivity contribution in [2.75, 3.05) is 10.6 Å². The molecular formula is C13H12ClN5O2. The fourth-order valence-electron chi connectivity index (χ4n) is 2.14. The molecule has 21 heavy (non-hydrogen) atoms. The predicted octanol–water partition coefficient (Wildman–Crippen LogP) is 1.76. The molecule has 0 saturated heterocycles. The van der Waals surface area contributed by atoms with E-state index in [0.29, 0.717) is 22.5 Å². The van der Waals surface area contributed by atoms with E-state index in [1.165, 1.54) is 4.68 Å². The van der Waals surface area contributed by atoms with Crippen LogP contribution in [-0.4, -0.2) is 26.6 Å². The summed E-state index contributed by atoms with van der Waals surface area (Å²) in [5, 5.41) is 10.0. The molecule has 1 aromatic carbocycles. The van der Waals surface area contributed by atoms with E-state index < -0.39 is 6.04 Å². The highest BCUT2D eigenvalue weighted by molar-refractivity contribution is 6.30. The van der Waals surface area contributed by atoms with Gasteiger partial charge in [-0.1, -0.05) is 11.6 Å². The fraction of sp³-hybridized carbons (Fsp3) is 0.231. The summed E-state index contributed by atoms with van der Waals surface area (Å²) < 4.78 is 1.44. The Hall–Kier alpha value is -2.41. The van der Waals surface area contributed by atoms with Crippen LogP contribution in [0.3, 0.4) is 0 Å². The van der Waals surface area contributed by atoms with Gasteiger partial charge in [-0.3, -0.25) is 14.9 Å². The lowest BCUT2D eigenvalue weighted by Gasteiger charge is -2.09. The number of hydrogen-bond donors (Lipinski definition) is 2. The quantitative estimate of drug-likeness (QED) is 0.904. The Kier molecular flexibility index (Phi) is 3.34. The summed E-state index contributed by atoms with van der Waals surface area (Å²) in [5.74, 6) is 0.365. The lowest BCUT2D eigenvalue weighted by Crippen LogP contribution is -2.23. The molecule has 1 aliphatic heterocycles. The number of amides is 2. The zero-order valence-electron chi connectivity index (χ0n) is 11.1. The second-order valence-electron chi connectivity index (χ2n) is 4.69. The fourth-order valence-corrected chi connectivity index (χ4v) is 2.26. The smallest absolute Gasteiger partial charge is 0.252 e. The van der Waals surface area contributed by atoms with Gasteiger partial charge >= 0.3 is 0 Å². The van der Waals surface area contributed by atoms with E-state index >= 15 is 0 Å². The number of aryl methyl sites for hydroxylation is 1. The van der Waals surface area contributed by atoms with Gasteiger partial charge in [-0.2, -0.15) is 10.1 Å². The van der Waals surface area contributed by atoms with Gasteiger partial charge < -0.3 is 5.32 Å². The van der Waals surface area contributed by atoms with Gasteiger partial charge in [0.1, 0.15) is 11.9 Å². The number of nitrogens with zero attached hydrogens (tertiary/aromatic N) is 3. The summed E-state index contributed by atoms with van der Waals surface area (Å²) in [6, 6.07) is 6.07. The Balaban J connectivity index is 1.70. The predicted molar refractivity (Wildman–Crippen MR) is 77.1 cm³/mol. The standard InChI is InChI=1S/C13H12ClN5O2/c1-7-15-13-17-12(21)10(19(13)18-7)6-11(20)16-9-4-2-8(14)3-5-9/h2-5,10H,6H2,1H3,(H,16,20)(H,15,17,18,21)/t10-/m1/s1. The van der Waals surface area contributed by atoms with Gasteiger partial charge in [0.15, 0.2) is 0 Å². The van der Waals surface area contributed by atoms with E-state index in [9.17, 15) is 9.59 Å². The van der Waals surface area contributed by atoms with Crippen molar-refractivity contribution in [2.24, 2.45) is 0 Å². The first-order valence-electron chi connectivity index (χ1n) is 6.32. The number of aromatic nitrogens is 3. The molecule has 0 saturated carbocycles. The van der Waals surface area contributed by atoms with Crippen LogP contribution in [-0.2, 0) is 9.59 Å². The third-order valence-electron chi connectivity index (χ3n) is 3.08. The lowest BCUT2D eigenvalue weighted by molar-refractivity contribution is -0.123. The molecule has 108 valence electrons. The Bertz CT molecular complexity index is 710. The molecule has 2 N–H and O–H groups in total. The maximum atomic E-state index is 12.0. The Morgan fingerprint density at radius 1 is 1.43 bits per heavy atom. The molecular weight excluding hydrogens is 294 g/mol. The third-order valence-corrected chi connectivity index (χ3v) is 3.33. The third kappa shape index (κ3) is 2.73. The highest BCUT2D eigenvalue weighted by Gasteiger charge is 2.34. The molecule has 1 aromatic heterocycles. The van der Waals surface area contributed by atoms with E-state index in [2.05, 4.69) is 20.7 Å². The molecule has 2 aromatic rings. The Morgan fingerprint density at radius 3 is 2.86 bits per heavy atom. The largest absolute Gasteiger partial charge is 0.326 e. The average molecular weight is 306 g/mol. The molecule has 8 heteroatoms. The molecule has 0 aliphatic carbocycles. The van der Waals surface area contributed by atoms with E-state index in [4.69, 9.17) is 11.6 Å². The summed E-state index contributed by atoms with van der Waals surface area (Å²) >= 11 is 5.78. The summed E-state index contributed by atoms with van der Waals surface area (Å²) in [7, 11) is 0. The first kappa shape index (κ1) is 13.6. The van der Waals surface area contributed by atoms with Crippen LogP contribution in [0.1, 0.15) is 18.3 Å². The highest BCUT2D eigenvalue weighted by Crippen LogP contribution is 2.25. The second-order valence-corrected chi connectivity index (χ2v) is 5.13. The number of carbonyl (C=O) groups excluding carboxylic acids is 2. The SMILES string of the molecule is Cc1nc2n(n1)[C@H](CC(=O)Nc1ccc(Cl)cc1)C(=O)N2. The maximum absolute atomic E-state index is 12.0. The summed E-state index contributed by atoms with van der Waals surface area (Å²) in [5.41, 5.74) is 0.623. The van der Waals surface area contributed by atoms with Crippen LogP contribution in [0.15, 0.2) is 24.3 Å². The molecule has 1 aliphatic rings. The van der Waals surface area contributed by atoms with Crippen LogP contribution in [0.2, 0.25) is 5.02 Å². The summed E-state index contributed by atoms with van der Waals surface area (Å²) in [6.45, 7) is 1.72.